The summed E-state index contributed by atoms with van der Waals surface area (Å²) in [6.45, 7) is 1.95. The molecule has 1 aliphatic heterocycles. The summed E-state index contributed by atoms with van der Waals surface area (Å²) in [5.41, 5.74) is 14.3. The number of nitrogens with zero attached hydrogens (tertiary/aromatic N) is 1. The Hall–Kier alpha value is -2.55. The van der Waals surface area contributed by atoms with Gasteiger partial charge in [0.15, 0.2) is 11.6 Å². The van der Waals surface area contributed by atoms with Crippen LogP contribution in [0.15, 0.2) is 30.3 Å². The molecule has 2 heterocycles. The van der Waals surface area contributed by atoms with E-state index < -0.39 is 12.9 Å². The molecule has 0 amide bonds. The van der Waals surface area contributed by atoms with E-state index in [-0.39, 0.29) is 24.5 Å². The van der Waals surface area contributed by atoms with Crippen LogP contribution in [-0.4, -0.2) is 28.7 Å². The van der Waals surface area contributed by atoms with E-state index in [9.17, 15) is 14.6 Å². The lowest BCUT2D eigenvalue weighted by Crippen LogP contribution is -2.35. The van der Waals surface area contributed by atoms with Crippen molar-refractivity contribution >= 4 is 18.7 Å². The van der Waals surface area contributed by atoms with Gasteiger partial charge < -0.3 is 21.1 Å². The standard InChI is InChI=1S/C19H22BN3O4/c1-11(24)15-4-2-3-12-7-14(20(26)27-19(12)15)8-18(25)16-6-5-13(9-21)17(10-22)23-16/h2-6,14,26H,7-10,21-22H2,1H3/t14-/m1/s1. The molecule has 0 bridgehead atoms. The number of hydrogen-bond acceptors (Lipinski definition) is 7. The predicted molar refractivity (Wildman–Crippen MR) is 101 cm³/mol. The van der Waals surface area contributed by atoms with E-state index in [0.29, 0.717) is 35.7 Å². The lowest BCUT2D eigenvalue weighted by atomic mass is 9.64. The van der Waals surface area contributed by atoms with Crippen molar-refractivity contribution in [3.63, 3.8) is 0 Å². The van der Waals surface area contributed by atoms with Crippen molar-refractivity contribution in [1.29, 1.82) is 0 Å². The first-order valence-electron chi connectivity index (χ1n) is 8.84. The highest BCUT2D eigenvalue weighted by Crippen LogP contribution is 2.36. The first kappa shape index (κ1) is 19.2. The first-order valence-corrected chi connectivity index (χ1v) is 8.84. The molecule has 140 valence electrons. The largest absolute Gasteiger partial charge is 0.535 e. The molecule has 1 atom stereocenters. The molecule has 0 saturated carbocycles. The third-order valence-electron chi connectivity index (χ3n) is 4.81. The first-order chi connectivity index (χ1) is 12.9. The van der Waals surface area contributed by atoms with Crippen LogP contribution in [0.1, 0.15) is 51.0 Å². The summed E-state index contributed by atoms with van der Waals surface area (Å²) in [6, 6.07) is 8.66. The molecule has 0 aliphatic carbocycles. The number of nitrogens with two attached hydrogens (primary N) is 2. The number of hydrogen-bond donors (Lipinski definition) is 3. The smallest absolute Gasteiger partial charge is 0.526 e. The van der Waals surface area contributed by atoms with Crippen molar-refractivity contribution < 1.29 is 19.3 Å². The summed E-state index contributed by atoms with van der Waals surface area (Å²) in [5, 5.41) is 10.4. The van der Waals surface area contributed by atoms with Gasteiger partial charge in [-0.25, -0.2) is 4.98 Å². The van der Waals surface area contributed by atoms with Gasteiger partial charge >= 0.3 is 7.12 Å². The number of pyridine rings is 1. The Labute approximate surface area is 157 Å². The van der Waals surface area contributed by atoms with E-state index in [1.807, 2.05) is 6.07 Å². The van der Waals surface area contributed by atoms with Crippen molar-refractivity contribution in [3.8, 4) is 5.75 Å². The molecule has 2 aromatic rings. The summed E-state index contributed by atoms with van der Waals surface area (Å²) in [5.74, 6) is -0.360. The Kier molecular flexibility index (Phi) is 5.69. The van der Waals surface area contributed by atoms with Gasteiger partial charge in [0.25, 0.3) is 0 Å². The van der Waals surface area contributed by atoms with Crippen molar-refractivity contribution in [2.75, 3.05) is 0 Å². The van der Waals surface area contributed by atoms with E-state index in [0.717, 1.165) is 11.1 Å². The van der Waals surface area contributed by atoms with Crippen LogP contribution in [0, 0.1) is 0 Å². The third-order valence-corrected chi connectivity index (χ3v) is 4.81. The minimum Gasteiger partial charge on any atom is -0.535 e. The Balaban J connectivity index is 1.79. The molecule has 1 aromatic heterocycles. The maximum absolute atomic E-state index is 12.7. The number of para-hydroxylation sites is 1. The van der Waals surface area contributed by atoms with E-state index in [1.54, 1.807) is 24.3 Å². The van der Waals surface area contributed by atoms with Gasteiger partial charge in [-0.3, -0.25) is 9.59 Å². The molecule has 27 heavy (non-hydrogen) atoms. The molecule has 5 N–H and O–H groups in total. The van der Waals surface area contributed by atoms with Crippen LogP contribution in [0.3, 0.4) is 0 Å². The number of benzene rings is 1. The lowest BCUT2D eigenvalue weighted by Gasteiger charge is -2.28. The SMILES string of the molecule is CC(=O)c1cccc2c1OB(O)[C@@H](CC(=O)c1ccc(CN)c(CN)n1)C2. The summed E-state index contributed by atoms with van der Waals surface area (Å²) in [4.78, 5) is 28.7. The molecule has 1 aromatic carbocycles. The second-order valence-corrected chi connectivity index (χ2v) is 6.66. The highest BCUT2D eigenvalue weighted by molar-refractivity contribution is 6.47. The monoisotopic (exact) mass is 367 g/mol. The van der Waals surface area contributed by atoms with Crippen molar-refractivity contribution in [2.24, 2.45) is 11.5 Å². The highest BCUT2D eigenvalue weighted by atomic mass is 16.5. The molecular weight excluding hydrogens is 345 g/mol. The molecule has 0 radical (unpaired) electrons. The summed E-state index contributed by atoms with van der Waals surface area (Å²) in [7, 11) is -1.17. The van der Waals surface area contributed by atoms with Gasteiger partial charge in [-0.1, -0.05) is 18.2 Å². The van der Waals surface area contributed by atoms with E-state index in [2.05, 4.69) is 4.98 Å². The van der Waals surface area contributed by atoms with Gasteiger partial charge in [0.05, 0.1) is 11.3 Å². The fraction of sp³-hybridized carbons (Fsp3) is 0.316. The lowest BCUT2D eigenvalue weighted by molar-refractivity contribution is 0.0966. The molecule has 0 unspecified atom stereocenters. The normalized spacial score (nSPS) is 15.9. The van der Waals surface area contributed by atoms with Crippen LogP contribution in [0.4, 0.5) is 0 Å². The maximum Gasteiger partial charge on any atom is 0.526 e. The van der Waals surface area contributed by atoms with Crippen LogP contribution < -0.4 is 16.1 Å². The average Bonchev–Trinajstić information content (AvgIpc) is 2.67. The number of aromatic nitrogens is 1. The van der Waals surface area contributed by atoms with Gasteiger partial charge in [0.1, 0.15) is 11.4 Å². The fourth-order valence-corrected chi connectivity index (χ4v) is 3.33. The molecular formula is C19H22BN3O4. The molecule has 1 aliphatic rings. The van der Waals surface area contributed by atoms with Gasteiger partial charge in [-0.15, -0.1) is 0 Å². The summed E-state index contributed by atoms with van der Waals surface area (Å²) < 4.78 is 5.58. The number of carbonyl (C=O) groups is 2. The maximum atomic E-state index is 12.7. The molecule has 0 saturated heterocycles. The minimum atomic E-state index is -1.17. The summed E-state index contributed by atoms with van der Waals surface area (Å²) in [6.07, 6.45) is 0.512. The van der Waals surface area contributed by atoms with Crippen LogP contribution >= 0.6 is 0 Å². The second kappa shape index (κ2) is 8.00. The van der Waals surface area contributed by atoms with Crippen LogP contribution in [0.5, 0.6) is 5.75 Å². The zero-order valence-electron chi connectivity index (χ0n) is 15.1. The fourth-order valence-electron chi connectivity index (χ4n) is 3.33. The van der Waals surface area contributed by atoms with E-state index >= 15 is 0 Å². The van der Waals surface area contributed by atoms with Crippen molar-refractivity contribution in [3.05, 3.63) is 58.4 Å². The van der Waals surface area contributed by atoms with Crippen molar-refractivity contribution in [2.45, 2.75) is 38.7 Å². The molecule has 0 fully saturated rings. The van der Waals surface area contributed by atoms with Crippen molar-refractivity contribution in [1.82, 2.24) is 4.98 Å². The third kappa shape index (κ3) is 3.92. The van der Waals surface area contributed by atoms with E-state index in [1.165, 1.54) is 6.92 Å². The van der Waals surface area contributed by atoms with Gasteiger partial charge in [0, 0.05) is 25.3 Å². The number of fused-ring (bicyclic) bond motifs is 1. The zero-order chi connectivity index (χ0) is 19.6. The number of ketones is 2. The Morgan fingerprint density at radius 2 is 2.04 bits per heavy atom. The Bertz CT molecular complexity index is 887. The average molecular weight is 367 g/mol. The number of carbonyl (C=O) groups excluding carboxylic acids is 2. The number of rotatable bonds is 6. The molecule has 7 nitrogen and oxygen atoms in total. The van der Waals surface area contributed by atoms with Crippen LogP contribution in [-0.2, 0) is 19.5 Å². The van der Waals surface area contributed by atoms with Crippen LogP contribution in [0.25, 0.3) is 0 Å². The highest BCUT2D eigenvalue weighted by Gasteiger charge is 2.37. The van der Waals surface area contributed by atoms with E-state index in [4.69, 9.17) is 16.1 Å². The molecule has 0 spiro atoms. The minimum absolute atomic E-state index is 0.0733. The predicted octanol–water partition coefficient (Wildman–Crippen LogP) is 1.26. The Morgan fingerprint density at radius 3 is 2.70 bits per heavy atom. The second-order valence-electron chi connectivity index (χ2n) is 6.66. The Morgan fingerprint density at radius 1 is 1.26 bits per heavy atom. The quantitative estimate of drug-likeness (QED) is 0.518. The summed E-state index contributed by atoms with van der Waals surface area (Å²) >= 11 is 0. The van der Waals surface area contributed by atoms with Gasteiger partial charge in [-0.2, -0.15) is 0 Å². The zero-order valence-corrected chi connectivity index (χ0v) is 15.1. The molecule has 3 rings (SSSR count). The van der Waals surface area contributed by atoms with Crippen LogP contribution in [0.2, 0.25) is 5.82 Å². The number of Topliss-reactive ketones (excluding diaryl/α,β-unsaturated/α-hetero) is 2. The topological polar surface area (TPSA) is 129 Å². The van der Waals surface area contributed by atoms with Gasteiger partial charge in [0.2, 0.25) is 0 Å². The molecule has 8 heteroatoms. The van der Waals surface area contributed by atoms with Gasteiger partial charge in [-0.05, 0) is 36.6 Å².